The Morgan fingerprint density at radius 1 is 0.867 bits per heavy atom. The normalized spacial score (nSPS) is 14.1. The molecule has 45 heavy (non-hydrogen) atoms. The number of ether oxygens (including phenoxy) is 4. The number of urea groups is 1. The van der Waals surface area contributed by atoms with Gasteiger partial charge in [-0.3, -0.25) is 19.8 Å². The van der Waals surface area contributed by atoms with Gasteiger partial charge < -0.3 is 18.9 Å². The molecule has 1 N–H and O–H groups in total. The Labute approximate surface area is 266 Å². The average Bonchev–Trinajstić information content (AvgIpc) is 3.04. The van der Waals surface area contributed by atoms with Gasteiger partial charge in [0.25, 0.3) is 11.8 Å². The third-order valence-corrected chi connectivity index (χ3v) is 7.39. The van der Waals surface area contributed by atoms with Crippen LogP contribution >= 0.6 is 11.6 Å². The number of carbonyl (C=O) groups excluding carboxylic acids is 3. The van der Waals surface area contributed by atoms with Gasteiger partial charge in [-0.2, -0.15) is 0 Å². The second kappa shape index (κ2) is 14.2. The van der Waals surface area contributed by atoms with E-state index in [2.05, 4.69) is 5.32 Å². The standard InChI is InChI=1S/C35H33ClN2O7/c1-4-15-44-29-14-13-22(18-30(29)42-3)20-38-34(40)27(33(39)37-35(38)41)16-23-17-28(36)32(31(19-23)43-5-2)45-21-25-11-8-10-24-9-6-7-12-26(24)25/h6-14,16-19H,4-5,15,20-21H2,1-3H3,(H,37,39,41)/b27-16+. The Hall–Kier alpha value is -5.02. The van der Waals surface area contributed by atoms with Gasteiger partial charge in [-0.05, 0) is 71.1 Å². The minimum atomic E-state index is -0.822. The highest BCUT2D eigenvalue weighted by Gasteiger charge is 2.36. The van der Waals surface area contributed by atoms with E-state index >= 15 is 0 Å². The van der Waals surface area contributed by atoms with Crippen molar-refractivity contribution in [1.82, 2.24) is 10.2 Å². The lowest BCUT2D eigenvalue weighted by Gasteiger charge is -2.26. The largest absolute Gasteiger partial charge is 0.493 e. The number of benzene rings is 4. The van der Waals surface area contributed by atoms with Crippen molar-refractivity contribution in [3.05, 3.63) is 100 Å². The van der Waals surface area contributed by atoms with E-state index in [0.29, 0.717) is 47.3 Å². The van der Waals surface area contributed by atoms with Crippen LogP contribution in [0.3, 0.4) is 0 Å². The molecule has 4 amide bonds. The highest BCUT2D eigenvalue weighted by atomic mass is 35.5. The molecule has 1 heterocycles. The molecular formula is C35H33ClN2O7. The van der Waals surface area contributed by atoms with E-state index < -0.39 is 17.8 Å². The molecule has 1 saturated heterocycles. The summed E-state index contributed by atoms with van der Waals surface area (Å²) in [6.07, 6.45) is 2.21. The fraction of sp³-hybridized carbons (Fsp3) is 0.229. The van der Waals surface area contributed by atoms with Gasteiger partial charge in [0.1, 0.15) is 12.2 Å². The topological polar surface area (TPSA) is 103 Å². The molecule has 0 aliphatic carbocycles. The van der Waals surface area contributed by atoms with Gasteiger partial charge in [-0.15, -0.1) is 0 Å². The van der Waals surface area contributed by atoms with Crippen molar-refractivity contribution in [1.29, 1.82) is 0 Å². The molecule has 5 rings (SSSR count). The van der Waals surface area contributed by atoms with Crippen LogP contribution in [0, 0.1) is 0 Å². The first-order chi connectivity index (χ1) is 21.8. The van der Waals surface area contributed by atoms with E-state index in [-0.39, 0.29) is 23.7 Å². The molecule has 1 fully saturated rings. The number of nitrogens with zero attached hydrogens (tertiary/aromatic N) is 1. The highest BCUT2D eigenvalue weighted by Crippen LogP contribution is 2.38. The van der Waals surface area contributed by atoms with Crippen LogP contribution in [-0.2, 0) is 22.7 Å². The lowest BCUT2D eigenvalue weighted by Crippen LogP contribution is -2.53. The number of nitrogens with one attached hydrogen (secondary N) is 1. The number of hydrogen-bond acceptors (Lipinski definition) is 7. The molecular weight excluding hydrogens is 596 g/mol. The third kappa shape index (κ3) is 7.05. The summed E-state index contributed by atoms with van der Waals surface area (Å²) in [5.41, 5.74) is 1.79. The molecule has 0 aromatic heterocycles. The van der Waals surface area contributed by atoms with E-state index in [4.69, 9.17) is 30.5 Å². The molecule has 0 saturated carbocycles. The number of rotatable bonds is 12. The Bertz CT molecular complexity index is 1780. The molecule has 4 aromatic carbocycles. The number of barbiturate groups is 1. The van der Waals surface area contributed by atoms with E-state index in [1.54, 1.807) is 30.3 Å². The lowest BCUT2D eigenvalue weighted by atomic mass is 10.1. The van der Waals surface area contributed by atoms with Crippen molar-refractivity contribution in [2.24, 2.45) is 0 Å². The molecule has 10 heteroatoms. The summed E-state index contributed by atoms with van der Waals surface area (Å²) in [6.45, 7) is 4.82. The fourth-order valence-electron chi connectivity index (χ4n) is 4.97. The Morgan fingerprint density at radius 2 is 1.67 bits per heavy atom. The molecule has 4 aromatic rings. The quantitative estimate of drug-likeness (QED) is 0.134. The van der Waals surface area contributed by atoms with Gasteiger partial charge in [0, 0.05) is 0 Å². The third-order valence-electron chi connectivity index (χ3n) is 7.11. The first-order valence-electron chi connectivity index (χ1n) is 14.6. The molecule has 1 aliphatic heterocycles. The predicted octanol–water partition coefficient (Wildman–Crippen LogP) is 6.93. The summed E-state index contributed by atoms with van der Waals surface area (Å²) in [4.78, 5) is 40.0. The first kappa shape index (κ1) is 31.4. The summed E-state index contributed by atoms with van der Waals surface area (Å²) < 4.78 is 23.1. The maximum Gasteiger partial charge on any atom is 0.331 e. The monoisotopic (exact) mass is 628 g/mol. The molecule has 0 atom stereocenters. The number of imide groups is 2. The van der Waals surface area contributed by atoms with E-state index in [1.807, 2.05) is 56.3 Å². The van der Waals surface area contributed by atoms with Crippen LogP contribution in [0.15, 0.2) is 78.4 Å². The summed E-state index contributed by atoms with van der Waals surface area (Å²) in [5, 5.41) is 4.65. The highest BCUT2D eigenvalue weighted by molar-refractivity contribution is 6.33. The van der Waals surface area contributed by atoms with Crippen molar-refractivity contribution in [2.75, 3.05) is 20.3 Å². The predicted molar refractivity (Wildman–Crippen MR) is 172 cm³/mol. The second-order valence-electron chi connectivity index (χ2n) is 10.2. The molecule has 232 valence electrons. The summed E-state index contributed by atoms with van der Waals surface area (Å²) in [6, 6.07) is 21.6. The zero-order valence-electron chi connectivity index (χ0n) is 25.2. The number of methoxy groups -OCH3 is 1. The van der Waals surface area contributed by atoms with Gasteiger partial charge in [-0.1, -0.05) is 67.1 Å². The molecule has 0 unspecified atom stereocenters. The van der Waals surface area contributed by atoms with Crippen LogP contribution in [0.2, 0.25) is 5.02 Å². The van der Waals surface area contributed by atoms with Gasteiger partial charge in [0.15, 0.2) is 23.0 Å². The van der Waals surface area contributed by atoms with Crippen molar-refractivity contribution < 1.29 is 33.3 Å². The van der Waals surface area contributed by atoms with Gasteiger partial charge in [0.2, 0.25) is 0 Å². The lowest BCUT2D eigenvalue weighted by molar-refractivity contribution is -0.130. The maximum atomic E-state index is 13.5. The summed E-state index contributed by atoms with van der Waals surface area (Å²) >= 11 is 6.67. The Kier molecular flexibility index (Phi) is 9.89. The van der Waals surface area contributed by atoms with Gasteiger partial charge in [0.05, 0.1) is 31.9 Å². The van der Waals surface area contributed by atoms with Gasteiger partial charge >= 0.3 is 6.03 Å². The minimum Gasteiger partial charge on any atom is -0.493 e. The number of hydrogen-bond donors (Lipinski definition) is 1. The number of carbonyl (C=O) groups is 3. The molecule has 1 aliphatic rings. The maximum absolute atomic E-state index is 13.5. The zero-order chi connectivity index (χ0) is 31.9. The summed E-state index contributed by atoms with van der Waals surface area (Å²) in [7, 11) is 1.51. The Morgan fingerprint density at radius 3 is 2.44 bits per heavy atom. The average molecular weight is 629 g/mol. The van der Waals surface area contributed by atoms with E-state index in [1.165, 1.54) is 13.2 Å². The van der Waals surface area contributed by atoms with Crippen LogP contribution in [0.5, 0.6) is 23.0 Å². The van der Waals surface area contributed by atoms with E-state index in [9.17, 15) is 14.4 Å². The van der Waals surface area contributed by atoms with Crippen LogP contribution in [0.25, 0.3) is 16.8 Å². The molecule has 0 radical (unpaired) electrons. The first-order valence-corrected chi connectivity index (χ1v) is 14.9. The Balaban J connectivity index is 1.39. The van der Waals surface area contributed by atoms with Crippen molar-refractivity contribution in [3.8, 4) is 23.0 Å². The zero-order valence-corrected chi connectivity index (χ0v) is 26.0. The van der Waals surface area contributed by atoms with Crippen LogP contribution in [-0.4, -0.2) is 43.1 Å². The van der Waals surface area contributed by atoms with Crippen LogP contribution in [0.4, 0.5) is 4.79 Å². The smallest absolute Gasteiger partial charge is 0.331 e. The van der Waals surface area contributed by atoms with Crippen molar-refractivity contribution in [3.63, 3.8) is 0 Å². The van der Waals surface area contributed by atoms with Gasteiger partial charge in [-0.25, -0.2) is 4.79 Å². The van der Waals surface area contributed by atoms with E-state index in [0.717, 1.165) is 27.7 Å². The summed E-state index contributed by atoms with van der Waals surface area (Å²) in [5.74, 6) is 0.154. The fourth-order valence-corrected chi connectivity index (χ4v) is 5.24. The molecule has 9 nitrogen and oxygen atoms in total. The van der Waals surface area contributed by atoms with Crippen LogP contribution in [0.1, 0.15) is 37.0 Å². The number of halogens is 1. The molecule has 0 bridgehead atoms. The van der Waals surface area contributed by atoms with Crippen LogP contribution < -0.4 is 24.3 Å². The second-order valence-corrected chi connectivity index (χ2v) is 10.6. The molecule has 0 spiro atoms. The number of fused-ring (bicyclic) bond motifs is 1. The minimum absolute atomic E-state index is 0.0917. The van der Waals surface area contributed by atoms with Crippen molar-refractivity contribution >= 4 is 46.3 Å². The van der Waals surface area contributed by atoms with Crippen molar-refractivity contribution in [2.45, 2.75) is 33.4 Å². The SMILES string of the molecule is CCCOc1ccc(CN2C(=O)NC(=O)/C(=C\c3cc(Cl)c(OCc4cccc5ccccc45)c(OCC)c3)C2=O)cc1OC. The number of amides is 4.